The molecule has 1 atom stereocenters. The van der Waals surface area contributed by atoms with E-state index in [-0.39, 0.29) is 6.04 Å². The van der Waals surface area contributed by atoms with Crippen molar-refractivity contribution in [3.05, 3.63) is 41.2 Å². The highest BCUT2D eigenvalue weighted by Gasteiger charge is 2.15. The van der Waals surface area contributed by atoms with E-state index >= 15 is 0 Å². The summed E-state index contributed by atoms with van der Waals surface area (Å²) >= 11 is 0. The van der Waals surface area contributed by atoms with Crippen molar-refractivity contribution in [2.75, 3.05) is 5.32 Å². The van der Waals surface area contributed by atoms with Crippen LogP contribution in [0.5, 0.6) is 0 Å². The molecule has 3 rings (SSSR count). The Labute approximate surface area is 106 Å². The van der Waals surface area contributed by atoms with Gasteiger partial charge in [0, 0.05) is 5.69 Å². The highest BCUT2D eigenvalue weighted by molar-refractivity contribution is 5.41. The SMILES string of the molecule is Cc1cnc(C(C)Nc2ccc3c(n2)CCC3)o1. The molecule has 0 saturated heterocycles. The van der Waals surface area contributed by atoms with E-state index in [1.165, 1.54) is 17.7 Å². The van der Waals surface area contributed by atoms with Crippen LogP contribution in [0.3, 0.4) is 0 Å². The third-order valence-electron chi connectivity index (χ3n) is 3.30. The molecule has 1 aliphatic carbocycles. The van der Waals surface area contributed by atoms with E-state index in [9.17, 15) is 0 Å². The normalized spacial score (nSPS) is 15.4. The van der Waals surface area contributed by atoms with Crippen molar-refractivity contribution in [3.63, 3.8) is 0 Å². The molecule has 0 amide bonds. The van der Waals surface area contributed by atoms with Crippen LogP contribution in [-0.2, 0) is 12.8 Å². The van der Waals surface area contributed by atoms with Gasteiger partial charge in [-0.05, 0) is 44.7 Å². The van der Waals surface area contributed by atoms with Gasteiger partial charge in [-0.25, -0.2) is 9.97 Å². The number of nitrogens with one attached hydrogen (secondary N) is 1. The molecule has 4 nitrogen and oxygen atoms in total. The third-order valence-corrected chi connectivity index (χ3v) is 3.30. The summed E-state index contributed by atoms with van der Waals surface area (Å²) in [5.74, 6) is 2.44. The van der Waals surface area contributed by atoms with Gasteiger partial charge in [0.2, 0.25) is 5.89 Å². The number of aryl methyl sites for hydroxylation is 3. The molecule has 1 aliphatic rings. The molecule has 0 aliphatic heterocycles. The summed E-state index contributed by atoms with van der Waals surface area (Å²) < 4.78 is 5.51. The van der Waals surface area contributed by atoms with Crippen LogP contribution in [0.4, 0.5) is 5.82 Å². The zero-order valence-electron chi connectivity index (χ0n) is 10.7. The second kappa shape index (κ2) is 4.44. The minimum absolute atomic E-state index is 0.0330. The van der Waals surface area contributed by atoms with Gasteiger partial charge in [0.1, 0.15) is 17.6 Å². The first-order valence-electron chi connectivity index (χ1n) is 6.40. The topological polar surface area (TPSA) is 51.0 Å². The minimum atomic E-state index is 0.0330. The third kappa shape index (κ3) is 2.10. The number of anilines is 1. The summed E-state index contributed by atoms with van der Waals surface area (Å²) in [7, 11) is 0. The lowest BCUT2D eigenvalue weighted by Crippen LogP contribution is -2.09. The van der Waals surface area contributed by atoms with Gasteiger partial charge in [-0.1, -0.05) is 6.07 Å². The molecule has 4 heteroatoms. The molecule has 0 bridgehead atoms. The maximum atomic E-state index is 5.51. The summed E-state index contributed by atoms with van der Waals surface area (Å²) in [5.41, 5.74) is 2.62. The van der Waals surface area contributed by atoms with E-state index in [2.05, 4.69) is 21.4 Å². The maximum Gasteiger partial charge on any atom is 0.216 e. The highest BCUT2D eigenvalue weighted by atomic mass is 16.4. The summed E-state index contributed by atoms with van der Waals surface area (Å²) in [6, 6.07) is 4.24. The Morgan fingerprint density at radius 1 is 1.33 bits per heavy atom. The molecule has 0 fully saturated rings. The van der Waals surface area contributed by atoms with Crippen molar-refractivity contribution in [1.29, 1.82) is 0 Å². The van der Waals surface area contributed by atoms with Crippen molar-refractivity contribution >= 4 is 5.82 Å². The Bertz CT molecular complexity index is 562. The van der Waals surface area contributed by atoms with E-state index < -0.39 is 0 Å². The van der Waals surface area contributed by atoms with Gasteiger partial charge in [0.25, 0.3) is 0 Å². The Balaban J connectivity index is 1.76. The molecular weight excluding hydrogens is 226 g/mol. The van der Waals surface area contributed by atoms with Crippen LogP contribution in [-0.4, -0.2) is 9.97 Å². The number of pyridine rings is 1. The standard InChI is InChI=1S/C14H17N3O/c1-9-8-15-14(18-9)10(2)16-13-7-6-11-4-3-5-12(11)17-13/h6-8,10H,3-5H2,1-2H3,(H,16,17). The molecule has 0 aromatic carbocycles. The van der Waals surface area contributed by atoms with E-state index in [0.29, 0.717) is 5.89 Å². The fourth-order valence-corrected chi connectivity index (χ4v) is 2.36. The maximum absolute atomic E-state index is 5.51. The average Bonchev–Trinajstić information content (AvgIpc) is 2.96. The predicted octanol–water partition coefficient (Wildman–Crippen LogP) is 3.04. The lowest BCUT2D eigenvalue weighted by atomic mass is 10.2. The van der Waals surface area contributed by atoms with Gasteiger partial charge in [0.15, 0.2) is 0 Å². The number of fused-ring (bicyclic) bond motifs is 1. The van der Waals surface area contributed by atoms with E-state index in [4.69, 9.17) is 4.42 Å². The van der Waals surface area contributed by atoms with Gasteiger partial charge in [-0.15, -0.1) is 0 Å². The van der Waals surface area contributed by atoms with Gasteiger partial charge in [-0.2, -0.15) is 0 Å². The van der Waals surface area contributed by atoms with Crippen LogP contribution in [0.1, 0.15) is 42.3 Å². The van der Waals surface area contributed by atoms with Gasteiger partial charge >= 0.3 is 0 Å². The summed E-state index contributed by atoms with van der Waals surface area (Å²) in [5, 5.41) is 3.33. The van der Waals surface area contributed by atoms with Crippen molar-refractivity contribution in [1.82, 2.24) is 9.97 Å². The minimum Gasteiger partial charge on any atom is -0.444 e. The molecule has 2 heterocycles. The quantitative estimate of drug-likeness (QED) is 0.900. The first-order chi connectivity index (χ1) is 8.72. The Hall–Kier alpha value is -1.84. The largest absolute Gasteiger partial charge is 0.444 e. The zero-order chi connectivity index (χ0) is 12.5. The molecule has 1 unspecified atom stereocenters. The van der Waals surface area contributed by atoms with Crippen LogP contribution < -0.4 is 5.32 Å². The highest BCUT2D eigenvalue weighted by Crippen LogP contribution is 2.23. The molecule has 0 spiro atoms. The first-order valence-corrected chi connectivity index (χ1v) is 6.40. The Morgan fingerprint density at radius 3 is 3.00 bits per heavy atom. The summed E-state index contributed by atoms with van der Waals surface area (Å²) in [6.07, 6.45) is 5.22. The van der Waals surface area contributed by atoms with Crippen molar-refractivity contribution < 1.29 is 4.42 Å². The number of nitrogens with zero attached hydrogens (tertiary/aromatic N) is 2. The fraction of sp³-hybridized carbons (Fsp3) is 0.429. The molecule has 2 aromatic rings. The van der Waals surface area contributed by atoms with Gasteiger partial charge in [0.05, 0.1) is 6.20 Å². The Morgan fingerprint density at radius 2 is 2.22 bits per heavy atom. The number of hydrogen-bond acceptors (Lipinski definition) is 4. The lowest BCUT2D eigenvalue weighted by molar-refractivity contribution is 0.453. The van der Waals surface area contributed by atoms with E-state index in [1.807, 2.05) is 19.9 Å². The fourth-order valence-electron chi connectivity index (χ4n) is 2.36. The predicted molar refractivity (Wildman–Crippen MR) is 69.5 cm³/mol. The smallest absolute Gasteiger partial charge is 0.216 e. The van der Waals surface area contributed by atoms with E-state index in [0.717, 1.165) is 24.4 Å². The van der Waals surface area contributed by atoms with E-state index in [1.54, 1.807) is 6.20 Å². The van der Waals surface area contributed by atoms with Crippen LogP contribution in [0, 0.1) is 6.92 Å². The van der Waals surface area contributed by atoms with Crippen LogP contribution in [0.15, 0.2) is 22.7 Å². The molecule has 0 radical (unpaired) electrons. The molecular formula is C14H17N3O. The molecule has 18 heavy (non-hydrogen) atoms. The monoisotopic (exact) mass is 243 g/mol. The second-order valence-corrected chi connectivity index (χ2v) is 4.83. The average molecular weight is 243 g/mol. The zero-order valence-corrected chi connectivity index (χ0v) is 10.7. The van der Waals surface area contributed by atoms with Crippen molar-refractivity contribution in [2.45, 2.75) is 39.2 Å². The first kappa shape index (κ1) is 11.3. The molecule has 0 saturated carbocycles. The number of hydrogen-bond donors (Lipinski definition) is 1. The van der Waals surface area contributed by atoms with Crippen LogP contribution in [0.2, 0.25) is 0 Å². The lowest BCUT2D eigenvalue weighted by Gasteiger charge is -2.12. The molecule has 1 N–H and O–H groups in total. The number of rotatable bonds is 3. The molecule has 94 valence electrons. The van der Waals surface area contributed by atoms with Gasteiger partial charge < -0.3 is 9.73 Å². The number of aromatic nitrogens is 2. The van der Waals surface area contributed by atoms with Gasteiger partial charge in [-0.3, -0.25) is 0 Å². The van der Waals surface area contributed by atoms with Crippen LogP contribution in [0.25, 0.3) is 0 Å². The summed E-state index contributed by atoms with van der Waals surface area (Å²) in [4.78, 5) is 8.87. The number of oxazole rings is 1. The Kier molecular flexibility index (Phi) is 2.78. The summed E-state index contributed by atoms with van der Waals surface area (Å²) in [6.45, 7) is 3.93. The van der Waals surface area contributed by atoms with Crippen molar-refractivity contribution in [3.8, 4) is 0 Å². The van der Waals surface area contributed by atoms with Crippen molar-refractivity contribution in [2.24, 2.45) is 0 Å². The second-order valence-electron chi connectivity index (χ2n) is 4.83. The molecule has 2 aromatic heterocycles. The van der Waals surface area contributed by atoms with Crippen LogP contribution >= 0.6 is 0 Å².